The largest absolute Gasteiger partial charge is 0.466 e. The van der Waals surface area contributed by atoms with Crippen LogP contribution in [0.15, 0.2) is 11.2 Å². The van der Waals surface area contributed by atoms with E-state index in [-0.39, 0.29) is 12.5 Å². The molecule has 0 aliphatic heterocycles. The van der Waals surface area contributed by atoms with Crippen LogP contribution < -0.4 is 0 Å². The van der Waals surface area contributed by atoms with Crippen molar-refractivity contribution in [2.45, 2.75) is 38.8 Å². The fourth-order valence-electron chi connectivity index (χ4n) is 1.64. The molecular weight excluding hydrogens is 262 g/mol. The van der Waals surface area contributed by atoms with Crippen LogP contribution in [0.5, 0.6) is 0 Å². The average Bonchev–Trinajstić information content (AvgIpc) is 2.85. The summed E-state index contributed by atoms with van der Waals surface area (Å²) >= 11 is 0. The summed E-state index contributed by atoms with van der Waals surface area (Å²) in [7, 11) is 1.24. The second-order valence-electron chi connectivity index (χ2n) is 4.34. The number of methoxy groups -OCH3 is 1. The molecule has 2 atom stereocenters. The van der Waals surface area contributed by atoms with Crippen LogP contribution in [-0.4, -0.2) is 41.8 Å². The highest BCUT2D eigenvalue weighted by Crippen LogP contribution is 2.19. The zero-order valence-electron chi connectivity index (χ0n) is 11.9. The van der Waals surface area contributed by atoms with Crippen molar-refractivity contribution < 1.29 is 19.1 Å². The van der Waals surface area contributed by atoms with Gasteiger partial charge in [-0.3, -0.25) is 9.79 Å². The summed E-state index contributed by atoms with van der Waals surface area (Å²) in [5, 5.41) is 0. The fourth-order valence-corrected chi connectivity index (χ4v) is 1.64. The smallest absolute Gasteiger partial charge is 0.346 e. The number of H-pyrrole nitrogens is 1. The molecular formula is C13H19N3O4. The van der Waals surface area contributed by atoms with Gasteiger partial charge in [0.1, 0.15) is 11.9 Å². The maximum absolute atomic E-state index is 11.6. The molecule has 110 valence electrons. The number of ether oxygens (including phenoxy) is 2. The monoisotopic (exact) mass is 281 g/mol. The third kappa shape index (κ3) is 4.49. The Kier molecular flexibility index (Phi) is 5.89. The van der Waals surface area contributed by atoms with Gasteiger partial charge in [0.15, 0.2) is 6.10 Å². The molecule has 7 nitrogen and oxygen atoms in total. The highest BCUT2D eigenvalue weighted by Gasteiger charge is 2.20. The molecule has 0 fully saturated rings. The summed E-state index contributed by atoms with van der Waals surface area (Å²) in [4.78, 5) is 33.9. The lowest BCUT2D eigenvalue weighted by Crippen LogP contribution is -2.25. The summed E-state index contributed by atoms with van der Waals surface area (Å²) < 4.78 is 9.40. The lowest BCUT2D eigenvalue weighted by atomic mass is 10.1. The quantitative estimate of drug-likeness (QED) is 0.601. The Morgan fingerprint density at radius 2 is 2.25 bits per heavy atom. The van der Waals surface area contributed by atoms with Crippen molar-refractivity contribution in [3.8, 4) is 0 Å². The van der Waals surface area contributed by atoms with Crippen LogP contribution in [0.1, 0.15) is 37.3 Å². The van der Waals surface area contributed by atoms with Crippen LogP contribution >= 0.6 is 0 Å². The lowest BCUT2D eigenvalue weighted by molar-refractivity contribution is -0.164. The van der Waals surface area contributed by atoms with Crippen molar-refractivity contribution in [1.82, 2.24) is 9.97 Å². The number of hydrogen-bond donors (Lipinski definition) is 1. The van der Waals surface area contributed by atoms with Crippen molar-refractivity contribution in [3.05, 3.63) is 17.7 Å². The van der Waals surface area contributed by atoms with Crippen LogP contribution in [0.25, 0.3) is 0 Å². The summed E-state index contributed by atoms with van der Waals surface area (Å²) in [6.07, 6.45) is 1.30. The number of aliphatic imine (C=N–C) groups is 1. The van der Waals surface area contributed by atoms with Gasteiger partial charge < -0.3 is 14.5 Å². The lowest BCUT2D eigenvalue weighted by Gasteiger charge is -2.12. The minimum Gasteiger partial charge on any atom is -0.466 e. The van der Waals surface area contributed by atoms with E-state index in [0.717, 1.165) is 5.69 Å². The SMILES string of the molecule is C=N[C@@H](CCC(=O)OC(C)C(=O)OC)c1ncc(C)[nH]1. The standard InChI is InChI=1S/C13H19N3O4/c1-8-7-15-12(16-8)10(14-3)5-6-11(17)20-9(2)13(18)19-4/h7,9-10H,3,5-6H2,1-2,4H3,(H,15,16)/t9?,10-/m0/s1. The zero-order valence-corrected chi connectivity index (χ0v) is 11.9. The number of aryl methyl sites for hydroxylation is 1. The molecule has 0 bridgehead atoms. The first-order valence-electron chi connectivity index (χ1n) is 6.22. The van der Waals surface area contributed by atoms with Gasteiger partial charge in [-0.2, -0.15) is 0 Å². The fraction of sp³-hybridized carbons (Fsp3) is 0.538. The minimum atomic E-state index is -0.909. The Morgan fingerprint density at radius 1 is 1.55 bits per heavy atom. The predicted molar refractivity (Wildman–Crippen MR) is 72.4 cm³/mol. The molecule has 0 amide bonds. The first-order valence-corrected chi connectivity index (χ1v) is 6.22. The normalized spacial score (nSPS) is 13.3. The summed E-state index contributed by atoms with van der Waals surface area (Å²) in [5.41, 5.74) is 0.913. The topological polar surface area (TPSA) is 93.6 Å². The minimum absolute atomic E-state index is 0.116. The highest BCUT2D eigenvalue weighted by atomic mass is 16.6. The van der Waals surface area contributed by atoms with Crippen molar-refractivity contribution in [1.29, 1.82) is 0 Å². The zero-order chi connectivity index (χ0) is 15.1. The van der Waals surface area contributed by atoms with Gasteiger partial charge >= 0.3 is 11.9 Å². The maximum atomic E-state index is 11.6. The van der Waals surface area contributed by atoms with Crippen LogP contribution in [0, 0.1) is 6.92 Å². The molecule has 1 aromatic rings. The van der Waals surface area contributed by atoms with Gasteiger partial charge in [-0.05, 0) is 27.0 Å². The number of aromatic nitrogens is 2. The number of hydrogen-bond acceptors (Lipinski definition) is 6. The van der Waals surface area contributed by atoms with E-state index in [9.17, 15) is 9.59 Å². The van der Waals surface area contributed by atoms with Crippen LogP contribution in [-0.2, 0) is 19.1 Å². The van der Waals surface area contributed by atoms with Gasteiger partial charge in [0, 0.05) is 18.3 Å². The van der Waals surface area contributed by atoms with Gasteiger partial charge in [0.2, 0.25) is 0 Å². The molecule has 0 aliphatic carbocycles. The van der Waals surface area contributed by atoms with Crippen molar-refractivity contribution >= 4 is 18.7 Å². The molecule has 1 unspecified atom stereocenters. The van der Waals surface area contributed by atoms with Gasteiger partial charge in [-0.1, -0.05) is 0 Å². The number of esters is 2. The van der Waals surface area contributed by atoms with Gasteiger partial charge in [-0.25, -0.2) is 9.78 Å². The van der Waals surface area contributed by atoms with E-state index in [1.54, 1.807) is 6.20 Å². The Bertz CT molecular complexity index is 484. The number of rotatable bonds is 7. The first-order chi connectivity index (χ1) is 9.47. The van der Waals surface area contributed by atoms with E-state index >= 15 is 0 Å². The van der Waals surface area contributed by atoms with E-state index in [1.807, 2.05) is 6.92 Å². The second-order valence-corrected chi connectivity index (χ2v) is 4.34. The summed E-state index contributed by atoms with van der Waals surface area (Å²) in [6.45, 7) is 6.83. The molecule has 1 aromatic heterocycles. The number of imidazole rings is 1. The number of aromatic amines is 1. The third-order valence-corrected chi connectivity index (χ3v) is 2.72. The first kappa shape index (κ1) is 15.9. The van der Waals surface area contributed by atoms with Crippen molar-refractivity contribution in [3.63, 3.8) is 0 Å². The molecule has 7 heteroatoms. The van der Waals surface area contributed by atoms with E-state index in [2.05, 4.69) is 26.4 Å². The van der Waals surface area contributed by atoms with Gasteiger partial charge in [-0.15, -0.1) is 0 Å². The Balaban J connectivity index is 2.46. The molecule has 0 aliphatic rings. The molecule has 1 N–H and O–H groups in total. The molecule has 20 heavy (non-hydrogen) atoms. The summed E-state index contributed by atoms with van der Waals surface area (Å²) in [6, 6.07) is -0.301. The van der Waals surface area contributed by atoms with Crippen molar-refractivity contribution in [2.24, 2.45) is 4.99 Å². The molecule has 1 rings (SSSR count). The van der Waals surface area contributed by atoms with E-state index in [0.29, 0.717) is 12.2 Å². The van der Waals surface area contributed by atoms with Crippen molar-refractivity contribution in [2.75, 3.05) is 7.11 Å². The number of nitrogens with zero attached hydrogens (tertiary/aromatic N) is 2. The molecule has 0 saturated heterocycles. The van der Waals surface area contributed by atoms with Gasteiger partial charge in [0.25, 0.3) is 0 Å². The average molecular weight is 281 g/mol. The van der Waals surface area contributed by atoms with E-state index < -0.39 is 18.0 Å². The van der Waals surface area contributed by atoms with Crippen LogP contribution in [0.2, 0.25) is 0 Å². The summed E-state index contributed by atoms with van der Waals surface area (Å²) in [5.74, 6) is -0.412. The van der Waals surface area contributed by atoms with E-state index in [1.165, 1.54) is 14.0 Å². The molecule has 0 radical (unpaired) electrons. The Morgan fingerprint density at radius 3 is 2.75 bits per heavy atom. The molecule has 0 aromatic carbocycles. The number of carbonyl (C=O) groups excluding carboxylic acids is 2. The van der Waals surface area contributed by atoms with Crippen LogP contribution in [0.4, 0.5) is 0 Å². The molecule has 1 heterocycles. The number of carbonyl (C=O) groups is 2. The maximum Gasteiger partial charge on any atom is 0.346 e. The predicted octanol–water partition coefficient (Wildman–Crippen LogP) is 1.34. The highest BCUT2D eigenvalue weighted by molar-refractivity contribution is 5.78. The van der Waals surface area contributed by atoms with E-state index in [4.69, 9.17) is 4.74 Å². The van der Waals surface area contributed by atoms with Crippen LogP contribution in [0.3, 0.4) is 0 Å². The third-order valence-electron chi connectivity index (χ3n) is 2.72. The number of nitrogens with one attached hydrogen (secondary N) is 1. The molecule has 0 saturated carbocycles. The second kappa shape index (κ2) is 7.42. The Labute approximate surface area is 117 Å². The van der Waals surface area contributed by atoms with Gasteiger partial charge in [0.05, 0.1) is 7.11 Å². The Hall–Kier alpha value is -2.18. The molecule has 0 spiro atoms.